The molecule has 0 amide bonds. The average molecular weight is 266 g/mol. The van der Waals surface area contributed by atoms with Gasteiger partial charge in [0.15, 0.2) is 0 Å². The number of carbonyl (C=O) groups excluding carboxylic acids is 2. The van der Waals surface area contributed by atoms with Gasteiger partial charge in [-0.15, -0.1) is 0 Å². The molecule has 0 saturated carbocycles. The zero-order valence-corrected chi connectivity index (χ0v) is 10.7. The molecule has 2 aromatic rings. The second kappa shape index (κ2) is 6.25. The largest absolute Gasteiger partial charge is 0.496 e. The molecule has 0 unspecified atom stereocenters. The number of hydrogen-bond donors (Lipinski definition) is 0. The highest BCUT2D eigenvalue weighted by Crippen LogP contribution is 2.33. The van der Waals surface area contributed by atoms with E-state index >= 15 is 0 Å². The Morgan fingerprint density at radius 3 is 2.10 bits per heavy atom. The van der Waals surface area contributed by atoms with Crippen LogP contribution in [-0.4, -0.2) is 19.3 Å². The molecule has 5 nitrogen and oxygen atoms in total. The molecule has 0 spiro atoms. The summed E-state index contributed by atoms with van der Waals surface area (Å²) in [5.74, 6) is 0.591. The van der Waals surface area contributed by atoms with E-state index in [1.54, 1.807) is 30.3 Å². The molecule has 0 bridgehead atoms. The smallest absolute Gasteiger partial charge is 0.240 e. The molecule has 0 radical (unpaired) electrons. The van der Waals surface area contributed by atoms with E-state index in [1.165, 1.54) is 19.3 Å². The molecule has 0 heterocycles. The molecule has 0 aromatic heterocycles. The van der Waals surface area contributed by atoms with E-state index < -0.39 is 0 Å². The Labute approximate surface area is 115 Å². The minimum absolute atomic E-state index is 0.475. The van der Waals surface area contributed by atoms with Gasteiger partial charge in [0.2, 0.25) is 12.2 Å². The average Bonchev–Trinajstić information content (AvgIpc) is 2.49. The van der Waals surface area contributed by atoms with Crippen molar-refractivity contribution in [2.24, 2.45) is 9.98 Å². The summed E-state index contributed by atoms with van der Waals surface area (Å²) in [6, 6.07) is 12.2. The molecule has 2 rings (SSSR count). The van der Waals surface area contributed by atoms with E-state index in [9.17, 15) is 9.59 Å². The Morgan fingerprint density at radius 2 is 1.50 bits per heavy atom. The minimum atomic E-state index is 0.475. The molecule has 0 fully saturated rings. The summed E-state index contributed by atoms with van der Waals surface area (Å²) in [7, 11) is 1.54. The van der Waals surface area contributed by atoms with Crippen LogP contribution in [0.1, 0.15) is 0 Å². The fraction of sp³-hybridized carbons (Fsp3) is 0.0667. The predicted molar refractivity (Wildman–Crippen MR) is 74.0 cm³/mol. The Hall–Kier alpha value is -3.00. The van der Waals surface area contributed by atoms with Crippen molar-refractivity contribution in [3.8, 4) is 16.9 Å². The summed E-state index contributed by atoms with van der Waals surface area (Å²) >= 11 is 0. The number of methoxy groups -OCH3 is 1. The summed E-state index contributed by atoms with van der Waals surface area (Å²) in [5, 5.41) is 0. The van der Waals surface area contributed by atoms with Gasteiger partial charge in [-0.1, -0.05) is 12.1 Å². The fourth-order valence-corrected chi connectivity index (χ4v) is 1.81. The number of hydrogen-bond acceptors (Lipinski definition) is 5. The number of ether oxygens (including phenoxy) is 1. The Kier molecular flexibility index (Phi) is 4.20. The molecule has 0 aliphatic rings. The predicted octanol–water partition coefficient (Wildman–Crippen LogP) is 3.30. The fourth-order valence-electron chi connectivity index (χ4n) is 1.81. The van der Waals surface area contributed by atoms with Gasteiger partial charge in [0.05, 0.1) is 18.5 Å². The van der Waals surface area contributed by atoms with Crippen LogP contribution in [0.3, 0.4) is 0 Å². The lowest BCUT2D eigenvalue weighted by Gasteiger charge is -2.09. The van der Waals surface area contributed by atoms with Crippen molar-refractivity contribution >= 4 is 23.5 Å². The second-order valence-electron chi connectivity index (χ2n) is 3.84. The van der Waals surface area contributed by atoms with Crippen LogP contribution < -0.4 is 4.74 Å². The van der Waals surface area contributed by atoms with Crippen LogP contribution in [0.25, 0.3) is 11.1 Å². The molecule has 0 aliphatic carbocycles. The van der Waals surface area contributed by atoms with Crippen LogP contribution in [0.15, 0.2) is 52.4 Å². The van der Waals surface area contributed by atoms with Crippen molar-refractivity contribution in [1.82, 2.24) is 0 Å². The first-order valence-electron chi connectivity index (χ1n) is 5.72. The van der Waals surface area contributed by atoms with Crippen LogP contribution in [0.4, 0.5) is 11.4 Å². The molecule has 5 heteroatoms. The van der Waals surface area contributed by atoms with Gasteiger partial charge in [0.25, 0.3) is 0 Å². The lowest BCUT2D eigenvalue weighted by atomic mass is 10.0. The summed E-state index contributed by atoms with van der Waals surface area (Å²) in [5.41, 5.74) is 2.75. The third kappa shape index (κ3) is 2.87. The van der Waals surface area contributed by atoms with Crippen LogP contribution >= 0.6 is 0 Å². The SMILES string of the molecule is COc1cc(N=C=O)ccc1-c1ccc(N=C=O)cc1. The van der Waals surface area contributed by atoms with E-state index in [0.717, 1.165) is 11.1 Å². The maximum Gasteiger partial charge on any atom is 0.240 e. The maximum atomic E-state index is 10.3. The van der Waals surface area contributed by atoms with Crippen LogP contribution in [0.2, 0.25) is 0 Å². The van der Waals surface area contributed by atoms with Crippen molar-refractivity contribution in [3.63, 3.8) is 0 Å². The Bertz CT molecular complexity index is 710. The highest BCUT2D eigenvalue weighted by atomic mass is 16.5. The van der Waals surface area contributed by atoms with Gasteiger partial charge in [-0.2, -0.15) is 9.98 Å². The topological polar surface area (TPSA) is 68.1 Å². The number of nitrogens with zero attached hydrogens (tertiary/aromatic N) is 2. The van der Waals surface area contributed by atoms with Crippen molar-refractivity contribution in [3.05, 3.63) is 42.5 Å². The quantitative estimate of drug-likeness (QED) is 0.629. The van der Waals surface area contributed by atoms with Crippen LogP contribution in [-0.2, 0) is 9.59 Å². The van der Waals surface area contributed by atoms with Gasteiger partial charge < -0.3 is 4.74 Å². The lowest BCUT2D eigenvalue weighted by molar-refractivity contribution is 0.416. The van der Waals surface area contributed by atoms with E-state index in [4.69, 9.17) is 4.74 Å². The minimum Gasteiger partial charge on any atom is -0.496 e. The lowest BCUT2D eigenvalue weighted by Crippen LogP contribution is -1.87. The van der Waals surface area contributed by atoms with Gasteiger partial charge in [-0.25, -0.2) is 9.59 Å². The normalized spacial score (nSPS) is 9.25. The molecular weight excluding hydrogens is 256 g/mol. The first-order valence-corrected chi connectivity index (χ1v) is 5.72. The van der Waals surface area contributed by atoms with Crippen molar-refractivity contribution in [1.29, 1.82) is 0 Å². The van der Waals surface area contributed by atoms with Crippen molar-refractivity contribution in [2.45, 2.75) is 0 Å². The third-order valence-electron chi connectivity index (χ3n) is 2.71. The zero-order valence-electron chi connectivity index (χ0n) is 10.7. The molecule has 0 N–H and O–H groups in total. The first kappa shape index (κ1) is 13.4. The zero-order chi connectivity index (χ0) is 14.4. The molecule has 2 aromatic carbocycles. The third-order valence-corrected chi connectivity index (χ3v) is 2.71. The molecule has 0 saturated heterocycles. The number of rotatable bonds is 4. The summed E-state index contributed by atoms with van der Waals surface area (Å²) in [4.78, 5) is 27.5. The van der Waals surface area contributed by atoms with E-state index in [2.05, 4.69) is 9.98 Å². The molecule has 0 atom stereocenters. The summed E-state index contributed by atoms with van der Waals surface area (Å²) < 4.78 is 5.29. The summed E-state index contributed by atoms with van der Waals surface area (Å²) in [6.45, 7) is 0. The first-order chi connectivity index (χ1) is 9.78. The number of isocyanates is 2. The maximum absolute atomic E-state index is 10.3. The molecule has 20 heavy (non-hydrogen) atoms. The van der Waals surface area contributed by atoms with Gasteiger partial charge in [-0.3, -0.25) is 0 Å². The van der Waals surface area contributed by atoms with E-state index in [-0.39, 0.29) is 0 Å². The van der Waals surface area contributed by atoms with E-state index in [0.29, 0.717) is 17.1 Å². The van der Waals surface area contributed by atoms with Gasteiger partial charge in [0.1, 0.15) is 5.75 Å². The standard InChI is InChI=1S/C15H10N2O3/c1-20-15-8-13(17-10-19)6-7-14(15)11-2-4-12(5-3-11)16-9-18/h2-8H,1H3. The Morgan fingerprint density at radius 1 is 0.900 bits per heavy atom. The van der Waals surface area contributed by atoms with Gasteiger partial charge >= 0.3 is 0 Å². The molecule has 0 aliphatic heterocycles. The monoisotopic (exact) mass is 266 g/mol. The second-order valence-corrected chi connectivity index (χ2v) is 3.84. The van der Waals surface area contributed by atoms with E-state index in [1.807, 2.05) is 12.1 Å². The molecular formula is C15H10N2O3. The van der Waals surface area contributed by atoms with Crippen molar-refractivity contribution < 1.29 is 14.3 Å². The molecule has 98 valence electrons. The summed E-state index contributed by atoms with van der Waals surface area (Å²) in [6.07, 6.45) is 2.98. The number of aliphatic imine (C=N–C) groups is 2. The van der Waals surface area contributed by atoms with Crippen LogP contribution in [0.5, 0.6) is 5.75 Å². The number of benzene rings is 2. The van der Waals surface area contributed by atoms with Crippen LogP contribution in [0, 0.1) is 0 Å². The highest BCUT2D eigenvalue weighted by molar-refractivity contribution is 5.74. The van der Waals surface area contributed by atoms with Gasteiger partial charge in [0, 0.05) is 11.6 Å². The Balaban J connectivity index is 2.45. The highest BCUT2D eigenvalue weighted by Gasteiger charge is 2.07. The van der Waals surface area contributed by atoms with Crippen molar-refractivity contribution in [2.75, 3.05) is 7.11 Å². The van der Waals surface area contributed by atoms with Gasteiger partial charge in [-0.05, 0) is 29.8 Å².